The molecule has 0 fully saturated rings. The van der Waals surface area contributed by atoms with Crippen molar-refractivity contribution in [3.63, 3.8) is 0 Å². The third-order valence-electron chi connectivity index (χ3n) is 4.16. The van der Waals surface area contributed by atoms with Crippen LogP contribution in [0, 0.1) is 19.7 Å². The molecule has 6 nitrogen and oxygen atoms in total. The monoisotopic (exact) mass is 414 g/mol. The molecule has 0 radical (unpaired) electrons. The number of Topliss-reactive ketones (excluding diaryl/α,β-unsaturated/α-hetero) is 1. The van der Waals surface area contributed by atoms with Crippen LogP contribution in [0.3, 0.4) is 0 Å². The minimum Gasteiger partial charge on any atom is -0.444 e. The molecule has 0 saturated carbocycles. The zero-order valence-corrected chi connectivity index (χ0v) is 17.9. The van der Waals surface area contributed by atoms with Crippen LogP contribution in [0.2, 0.25) is 0 Å². The summed E-state index contributed by atoms with van der Waals surface area (Å²) >= 11 is 0. The van der Waals surface area contributed by atoms with Crippen molar-refractivity contribution in [2.24, 2.45) is 0 Å². The average molecular weight is 414 g/mol. The smallest absolute Gasteiger partial charge is 0.412 e. The molecule has 2 aromatic carbocycles. The molecular weight excluding hydrogens is 387 g/mol. The Balaban J connectivity index is 2.04. The van der Waals surface area contributed by atoms with Gasteiger partial charge >= 0.3 is 6.09 Å². The molecule has 2 amide bonds. The van der Waals surface area contributed by atoms with Gasteiger partial charge < -0.3 is 10.1 Å². The number of ether oxygens (including phenoxy) is 1. The second-order valence-corrected chi connectivity index (χ2v) is 8.11. The predicted octanol–water partition coefficient (Wildman–Crippen LogP) is 5.39. The molecule has 30 heavy (non-hydrogen) atoms. The molecule has 0 aliphatic carbocycles. The topological polar surface area (TPSA) is 84.5 Å². The summed E-state index contributed by atoms with van der Waals surface area (Å²) in [5.41, 5.74) is 1.97. The summed E-state index contributed by atoms with van der Waals surface area (Å²) in [5, 5.41) is 5.05. The molecule has 0 aromatic heterocycles. The van der Waals surface area contributed by atoms with Gasteiger partial charge in [0, 0.05) is 18.4 Å². The van der Waals surface area contributed by atoms with Crippen LogP contribution in [0.1, 0.15) is 55.1 Å². The molecular formula is C23H27FN2O4. The maximum atomic E-state index is 13.7. The summed E-state index contributed by atoms with van der Waals surface area (Å²) in [6.45, 7) is 8.88. The van der Waals surface area contributed by atoms with Gasteiger partial charge in [-0.3, -0.25) is 14.9 Å². The Kier molecular flexibility index (Phi) is 7.32. The molecule has 0 heterocycles. The zero-order valence-electron chi connectivity index (χ0n) is 17.9. The van der Waals surface area contributed by atoms with Gasteiger partial charge in [0.25, 0.3) is 0 Å². The molecule has 2 N–H and O–H groups in total. The number of anilines is 2. The molecule has 0 atom stereocenters. The number of rotatable bonds is 6. The van der Waals surface area contributed by atoms with Crippen molar-refractivity contribution in [1.82, 2.24) is 0 Å². The minimum atomic E-state index is -0.727. The van der Waals surface area contributed by atoms with Gasteiger partial charge in [0.1, 0.15) is 11.4 Å². The number of ketones is 1. The molecule has 0 spiro atoms. The van der Waals surface area contributed by atoms with E-state index in [2.05, 4.69) is 10.6 Å². The number of aryl methyl sites for hydroxylation is 2. The molecule has 2 rings (SSSR count). The lowest BCUT2D eigenvalue weighted by Crippen LogP contribution is -2.27. The van der Waals surface area contributed by atoms with E-state index in [1.807, 2.05) is 26.0 Å². The van der Waals surface area contributed by atoms with E-state index < -0.39 is 23.4 Å². The lowest BCUT2D eigenvalue weighted by Gasteiger charge is -2.20. The quantitative estimate of drug-likeness (QED) is 0.621. The standard InChI is InChI=1S/C23H27FN2O4/c1-14-6-7-15(2)17(12-14)20(27)10-11-21(28)25-19-13-16(24)8-9-18(19)26-22(29)30-23(3,4)5/h6-9,12-13H,10-11H2,1-5H3,(H,25,28)(H,26,29). The van der Waals surface area contributed by atoms with Gasteiger partial charge in [0.2, 0.25) is 5.91 Å². The number of nitrogens with one attached hydrogen (secondary N) is 2. The summed E-state index contributed by atoms with van der Waals surface area (Å²) < 4.78 is 18.9. The van der Waals surface area contributed by atoms with Crippen molar-refractivity contribution in [1.29, 1.82) is 0 Å². The number of hydrogen-bond acceptors (Lipinski definition) is 4. The fourth-order valence-electron chi connectivity index (χ4n) is 2.75. The Bertz CT molecular complexity index is 964. The van der Waals surface area contributed by atoms with Crippen LogP contribution >= 0.6 is 0 Å². The highest BCUT2D eigenvalue weighted by Gasteiger charge is 2.18. The van der Waals surface area contributed by atoms with Crippen LogP contribution < -0.4 is 10.6 Å². The fraction of sp³-hybridized carbons (Fsp3) is 0.348. The third kappa shape index (κ3) is 6.99. The van der Waals surface area contributed by atoms with E-state index in [9.17, 15) is 18.8 Å². The summed E-state index contributed by atoms with van der Waals surface area (Å²) in [6, 6.07) is 9.16. The SMILES string of the molecule is Cc1ccc(C)c(C(=O)CCC(=O)Nc2cc(F)ccc2NC(=O)OC(C)(C)C)c1. The molecule has 2 aromatic rings. The molecule has 0 aliphatic heterocycles. The second-order valence-electron chi connectivity index (χ2n) is 8.11. The Morgan fingerprint density at radius 3 is 2.30 bits per heavy atom. The van der Waals surface area contributed by atoms with Crippen LogP contribution in [-0.4, -0.2) is 23.4 Å². The van der Waals surface area contributed by atoms with Gasteiger partial charge in [0.05, 0.1) is 11.4 Å². The van der Waals surface area contributed by atoms with Crippen molar-refractivity contribution in [3.8, 4) is 0 Å². The van der Waals surface area contributed by atoms with Crippen LogP contribution in [0.15, 0.2) is 36.4 Å². The normalized spacial score (nSPS) is 11.0. The van der Waals surface area contributed by atoms with E-state index in [-0.39, 0.29) is 30.0 Å². The highest BCUT2D eigenvalue weighted by atomic mass is 19.1. The Labute approximate surface area is 175 Å². The largest absolute Gasteiger partial charge is 0.444 e. The first kappa shape index (κ1) is 23.1. The summed E-state index contributed by atoms with van der Waals surface area (Å²) in [5.74, 6) is -1.18. The molecule has 0 unspecified atom stereocenters. The highest BCUT2D eigenvalue weighted by Crippen LogP contribution is 2.24. The first-order valence-corrected chi connectivity index (χ1v) is 9.64. The molecule has 0 saturated heterocycles. The maximum absolute atomic E-state index is 13.7. The number of carbonyl (C=O) groups is 3. The molecule has 0 aliphatic rings. The molecule has 0 bridgehead atoms. The highest BCUT2D eigenvalue weighted by molar-refractivity contribution is 6.02. The van der Waals surface area contributed by atoms with Gasteiger partial charge in [-0.2, -0.15) is 0 Å². The number of benzene rings is 2. The van der Waals surface area contributed by atoms with E-state index >= 15 is 0 Å². The van der Waals surface area contributed by atoms with Gasteiger partial charge in [-0.1, -0.05) is 17.7 Å². The first-order valence-electron chi connectivity index (χ1n) is 9.64. The number of carbonyl (C=O) groups excluding carboxylic acids is 3. The minimum absolute atomic E-state index is 0.0142. The third-order valence-corrected chi connectivity index (χ3v) is 4.16. The average Bonchev–Trinajstić information content (AvgIpc) is 2.62. The number of hydrogen-bond donors (Lipinski definition) is 2. The van der Waals surface area contributed by atoms with Crippen molar-refractivity contribution in [2.75, 3.05) is 10.6 Å². The zero-order chi connectivity index (χ0) is 22.5. The number of amides is 2. The van der Waals surface area contributed by atoms with E-state index in [1.54, 1.807) is 26.8 Å². The van der Waals surface area contributed by atoms with Crippen LogP contribution in [-0.2, 0) is 9.53 Å². The van der Waals surface area contributed by atoms with Crippen LogP contribution in [0.4, 0.5) is 20.6 Å². The van der Waals surface area contributed by atoms with Crippen LogP contribution in [0.25, 0.3) is 0 Å². The van der Waals surface area contributed by atoms with Gasteiger partial charge in [-0.25, -0.2) is 9.18 Å². The predicted molar refractivity (Wildman–Crippen MR) is 114 cm³/mol. The summed E-state index contributed by atoms with van der Waals surface area (Å²) in [7, 11) is 0. The number of halogens is 1. The van der Waals surface area contributed by atoms with Gasteiger partial charge in [-0.15, -0.1) is 0 Å². The van der Waals surface area contributed by atoms with Crippen molar-refractivity contribution < 1.29 is 23.5 Å². The summed E-state index contributed by atoms with van der Waals surface area (Å²) in [6.07, 6.45) is -0.788. The molecule has 7 heteroatoms. The van der Waals surface area contributed by atoms with Crippen LogP contribution in [0.5, 0.6) is 0 Å². The Morgan fingerprint density at radius 1 is 0.933 bits per heavy atom. The van der Waals surface area contributed by atoms with Crippen molar-refractivity contribution in [3.05, 3.63) is 58.9 Å². The summed E-state index contributed by atoms with van der Waals surface area (Å²) in [4.78, 5) is 36.8. The van der Waals surface area contributed by atoms with E-state index in [1.165, 1.54) is 6.07 Å². The lowest BCUT2D eigenvalue weighted by molar-refractivity contribution is -0.116. The van der Waals surface area contributed by atoms with E-state index in [4.69, 9.17) is 4.74 Å². The molecule has 160 valence electrons. The fourth-order valence-corrected chi connectivity index (χ4v) is 2.75. The maximum Gasteiger partial charge on any atom is 0.412 e. The van der Waals surface area contributed by atoms with Crippen molar-refractivity contribution in [2.45, 2.75) is 53.1 Å². The van der Waals surface area contributed by atoms with Gasteiger partial charge in [-0.05, 0) is 64.4 Å². The van der Waals surface area contributed by atoms with Crippen molar-refractivity contribution >= 4 is 29.2 Å². The Hall–Kier alpha value is -3.22. The Morgan fingerprint density at radius 2 is 1.63 bits per heavy atom. The second kappa shape index (κ2) is 9.52. The van der Waals surface area contributed by atoms with E-state index in [0.29, 0.717) is 5.56 Å². The first-order chi connectivity index (χ1) is 13.9. The van der Waals surface area contributed by atoms with Gasteiger partial charge in [0.15, 0.2) is 5.78 Å². The lowest BCUT2D eigenvalue weighted by atomic mass is 9.99. The van der Waals surface area contributed by atoms with E-state index in [0.717, 1.165) is 23.3 Å².